The average molecular weight is 241 g/mol. The Morgan fingerprint density at radius 2 is 2.15 bits per heavy atom. The van der Waals surface area contributed by atoms with E-state index in [0.29, 0.717) is 0 Å². The number of halogens is 1. The van der Waals surface area contributed by atoms with Gasteiger partial charge in [0.05, 0.1) is 13.4 Å². The molecule has 0 heterocycles. The topological polar surface area (TPSA) is 9.23 Å². The van der Waals surface area contributed by atoms with Gasteiger partial charge in [-0.25, -0.2) is 0 Å². The summed E-state index contributed by atoms with van der Waals surface area (Å²) in [5.41, 5.74) is 3.62. The first kappa shape index (κ1) is 10.3. The van der Waals surface area contributed by atoms with Crippen molar-refractivity contribution in [3.05, 3.63) is 40.1 Å². The Balaban J connectivity index is 3.09. The van der Waals surface area contributed by atoms with E-state index in [9.17, 15) is 0 Å². The molecule has 70 valence electrons. The molecule has 0 saturated heterocycles. The number of hydrogen-bond donors (Lipinski definition) is 0. The number of benzene rings is 1. The van der Waals surface area contributed by atoms with Gasteiger partial charge in [-0.3, -0.25) is 0 Å². The van der Waals surface area contributed by atoms with E-state index in [1.807, 2.05) is 13.0 Å². The molecule has 0 atom stereocenters. The monoisotopic (exact) mass is 240 g/mol. The summed E-state index contributed by atoms with van der Waals surface area (Å²) in [6.45, 7) is 4.13. The summed E-state index contributed by atoms with van der Waals surface area (Å²) < 4.78 is 6.08. The lowest BCUT2D eigenvalue weighted by Gasteiger charge is -2.05. The third-order valence-corrected chi connectivity index (χ3v) is 2.40. The van der Waals surface area contributed by atoms with Crippen LogP contribution in [0.25, 0.3) is 5.57 Å². The minimum Gasteiger partial charge on any atom is -0.504 e. The Bertz CT molecular complexity index is 329. The van der Waals surface area contributed by atoms with Gasteiger partial charge in [0.2, 0.25) is 0 Å². The molecule has 0 bridgehead atoms. The molecule has 2 heteroatoms. The number of allylic oxidation sites excluding steroid dienone is 1. The number of hydrogen-bond acceptors (Lipinski definition) is 1. The van der Waals surface area contributed by atoms with E-state index in [2.05, 4.69) is 35.0 Å². The lowest BCUT2D eigenvalue weighted by molar-refractivity contribution is 0.339. The summed E-state index contributed by atoms with van der Waals surface area (Å²) in [6, 6.07) is 6.22. The van der Waals surface area contributed by atoms with Crippen LogP contribution in [-0.4, -0.2) is 7.11 Å². The van der Waals surface area contributed by atoms with Crippen LogP contribution in [0.4, 0.5) is 0 Å². The fourth-order valence-corrected chi connectivity index (χ4v) is 1.79. The highest BCUT2D eigenvalue weighted by Gasteiger charge is 2.00. The lowest BCUT2D eigenvalue weighted by Crippen LogP contribution is -1.86. The molecule has 0 aromatic heterocycles. The molecule has 0 N–H and O–H groups in total. The molecule has 13 heavy (non-hydrogen) atoms. The molecule has 0 spiro atoms. The normalized spacial score (nSPS) is 11.5. The molecular weight excluding hydrogens is 228 g/mol. The Morgan fingerprint density at radius 3 is 2.69 bits per heavy atom. The van der Waals surface area contributed by atoms with E-state index in [4.69, 9.17) is 4.74 Å². The van der Waals surface area contributed by atoms with Crippen LogP contribution in [0.5, 0.6) is 0 Å². The van der Waals surface area contributed by atoms with Crippen molar-refractivity contribution >= 4 is 21.5 Å². The molecule has 0 radical (unpaired) electrons. The van der Waals surface area contributed by atoms with Gasteiger partial charge in [-0.15, -0.1) is 0 Å². The molecule has 0 amide bonds. The summed E-state index contributed by atoms with van der Waals surface area (Å²) in [7, 11) is 1.66. The second kappa shape index (κ2) is 4.47. The van der Waals surface area contributed by atoms with Crippen LogP contribution in [0.3, 0.4) is 0 Å². The van der Waals surface area contributed by atoms with Crippen molar-refractivity contribution in [1.29, 1.82) is 0 Å². The summed E-state index contributed by atoms with van der Waals surface area (Å²) in [4.78, 5) is 0. The maximum Gasteiger partial charge on any atom is 0.0859 e. The van der Waals surface area contributed by atoms with Gasteiger partial charge in [-0.05, 0) is 42.7 Å². The molecular formula is C11H13BrO. The molecule has 0 unspecified atom stereocenters. The maximum atomic E-state index is 4.97. The number of aryl methyl sites for hydroxylation is 1. The highest BCUT2D eigenvalue weighted by molar-refractivity contribution is 9.10. The first-order valence-electron chi connectivity index (χ1n) is 4.11. The average Bonchev–Trinajstić information content (AvgIpc) is 2.04. The van der Waals surface area contributed by atoms with Gasteiger partial charge in [0.1, 0.15) is 0 Å². The van der Waals surface area contributed by atoms with Crippen LogP contribution in [0.2, 0.25) is 0 Å². The predicted molar refractivity (Wildman–Crippen MR) is 59.5 cm³/mol. The van der Waals surface area contributed by atoms with E-state index in [0.717, 1.165) is 10.0 Å². The smallest absolute Gasteiger partial charge is 0.0859 e. The van der Waals surface area contributed by atoms with Gasteiger partial charge in [0.25, 0.3) is 0 Å². The molecule has 0 fully saturated rings. The molecule has 0 aliphatic carbocycles. The Kier molecular flexibility index (Phi) is 3.55. The standard InChI is InChI=1S/C11H13BrO/c1-8-6-10(12)4-5-11(8)9(2)7-13-3/h4-7H,1-3H3/b9-7+. The van der Waals surface area contributed by atoms with Gasteiger partial charge in [0.15, 0.2) is 0 Å². The number of rotatable bonds is 2. The zero-order valence-electron chi connectivity index (χ0n) is 8.10. The minimum atomic E-state index is 1.11. The second-order valence-electron chi connectivity index (χ2n) is 3.00. The summed E-state index contributed by atoms with van der Waals surface area (Å²) in [6.07, 6.45) is 1.76. The predicted octanol–water partition coefficient (Wildman–Crippen LogP) is 3.76. The van der Waals surface area contributed by atoms with Crippen LogP contribution >= 0.6 is 15.9 Å². The fourth-order valence-electron chi connectivity index (χ4n) is 1.31. The van der Waals surface area contributed by atoms with Gasteiger partial charge in [-0.1, -0.05) is 22.0 Å². The third kappa shape index (κ3) is 2.59. The lowest BCUT2D eigenvalue weighted by atomic mass is 10.0. The molecule has 0 aliphatic heterocycles. The third-order valence-electron chi connectivity index (χ3n) is 1.91. The molecule has 1 nitrogen and oxygen atoms in total. The van der Waals surface area contributed by atoms with Gasteiger partial charge >= 0.3 is 0 Å². The van der Waals surface area contributed by atoms with Crippen molar-refractivity contribution < 1.29 is 4.74 Å². The van der Waals surface area contributed by atoms with Gasteiger partial charge < -0.3 is 4.74 Å². The fraction of sp³-hybridized carbons (Fsp3) is 0.273. The molecule has 1 rings (SSSR count). The van der Waals surface area contributed by atoms with E-state index >= 15 is 0 Å². The van der Waals surface area contributed by atoms with Crippen LogP contribution < -0.4 is 0 Å². The van der Waals surface area contributed by atoms with Crippen molar-refractivity contribution in [2.45, 2.75) is 13.8 Å². The zero-order chi connectivity index (χ0) is 9.84. The first-order chi connectivity index (χ1) is 6.15. The largest absolute Gasteiger partial charge is 0.504 e. The minimum absolute atomic E-state index is 1.11. The van der Waals surface area contributed by atoms with E-state index in [1.165, 1.54) is 11.1 Å². The quantitative estimate of drug-likeness (QED) is 0.716. The highest BCUT2D eigenvalue weighted by Crippen LogP contribution is 2.21. The van der Waals surface area contributed by atoms with Crippen molar-refractivity contribution in [3.8, 4) is 0 Å². The molecule has 1 aromatic rings. The van der Waals surface area contributed by atoms with Crippen molar-refractivity contribution in [2.24, 2.45) is 0 Å². The van der Waals surface area contributed by atoms with E-state index < -0.39 is 0 Å². The van der Waals surface area contributed by atoms with Crippen LogP contribution in [0.1, 0.15) is 18.1 Å². The summed E-state index contributed by atoms with van der Waals surface area (Å²) in [5, 5.41) is 0. The van der Waals surface area contributed by atoms with E-state index in [1.54, 1.807) is 13.4 Å². The van der Waals surface area contributed by atoms with Crippen molar-refractivity contribution in [1.82, 2.24) is 0 Å². The van der Waals surface area contributed by atoms with Gasteiger partial charge in [-0.2, -0.15) is 0 Å². The summed E-state index contributed by atoms with van der Waals surface area (Å²) >= 11 is 3.43. The Labute approximate surface area is 87.5 Å². The molecule has 0 aliphatic rings. The van der Waals surface area contributed by atoms with E-state index in [-0.39, 0.29) is 0 Å². The maximum absolute atomic E-state index is 4.97. The zero-order valence-corrected chi connectivity index (χ0v) is 9.68. The second-order valence-corrected chi connectivity index (χ2v) is 3.91. The first-order valence-corrected chi connectivity index (χ1v) is 4.90. The number of ether oxygens (including phenoxy) is 1. The molecule has 0 saturated carbocycles. The van der Waals surface area contributed by atoms with Crippen molar-refractivity contribution in [2.75, 3.05) is 7.11 Å². The van der Waals surface area contributed by atoms with Crippen LogP contribution in [0.15, 0.2) is 28.9 Å². The number of methoxy groups -OCH3 is 1. The van der Waals surface area contributed by atoms with Gasteiger partial charge in [0, 0.05) is 4.47 Å². The molecule has 1 aromatic carbocycles. The Hall–Kier alpha value is -0.760. The summed E-state index contributed by atoms with van der Waals surface area (Å²) in [5.74, 6) is 0. The van der Waals surface area contributed by atoms with Crippen LogP contribution in [-0.2, 0) is 4.74 Å². The van der Waals surface area contributed by atoms with Crippen molar-refractivity contribution in [3.63, 3.8) is 0 Å². The Morgan fingerprint density at radius 1 is 1.46 bits per heavy atom. The SMILES string of the molecule is CO/C=C(\C)c1ccc(Br)cc1C. The van der Waals surface area contributed by atoms with Crippen LogP contribution in [0, 0.1) is 6.92 Å². The highest BCUT2D eigenvalue weighted by atomic mass is 79.9.